The summed E-state index contributed by atoms with van der Waals surface area (Å²) >= 11 is 16.3. The van der Waals surface area contributed by atoms with E-state index in [1.54, 1.807) is 12.3 Å². The van der Waals surface area contributed by atoms with E-state index in [0.29, 0.717) is 38.0 Å². The first kappa shape index (κ1) is 27.2. The van der Waals surface area contributed by atoms with Crippen molar-refractivity contribution < 1.29 is 8.81 Å². The van der Waals surface area contributed by atoms with Crippen molar-refractivity contribution >= 4 is 56.2 Å². The molecule has 0 spiro atoms. The van der Waals surface area contributed by atoms with Crippen LogP contribution in [-0.2, 0) is 0 Å². The van der Waals surface area contributed by atoms with E-state index in [4.69, 9.17) is 28.2 Å². The maximum atomic E-state index is 13.7. The van der Waals surface area contributed by atoms with E-state index < -0.39 is 0 Å². The van der Waals surface area contributed by atoms with Gasteiger partial charge >= 0.3 is 0 Å². The molecule has 4 atom stereocenters. The Hall–Kier alpha value is -2.94. The summed E-state index contributed by atoms with van der Waals surface area (Å²) in [5.74, 6) is 2.25. The van der Waals surface area contributed by atoms with Gasteiger partial charge in [-0.05, 0) is 107 Å². The van der Waals surface area contributed by atoms with Crippen molar-refractivity contribution in [2.75, 3.05) is 22.9 Å². The average Bonchev–Trinajstić information content (AvgIpc) is 3.53. The van der Waals surface area contributed by atoms with Gasteiger partial charge in [-0.1, -0.05) is 31.5 Å². The van der Waals surface area contributed by atoms with Gasteiger partial charge in [0.15, 0.2) is 5.11 Å². The molecule has 2 aliphatic heterocycles. The van der Waals surface area contributed by atoms with Crippen molar-refractivity contribution in [3.05, 3.63) is 99.7 Å². The normalized spacial score (nSPS) is 23.0. The number of furan rings is 1. The van der Waals surface area contributed by atoms with Crippen LogP contribution in [0.1, 0.15) is 43.8 Å². The zero-order valence-electron chi connectivity index (χ0n) is 22.2. The lowest BCUT2D eigenvalue weighted by atomic mass is 9.91. The van der Waals surface area contributed by atoms with Gasteiger partial charge in [-0.2, -0.15) is 0 Å². The number of thiocarbonyl (C=S) groups is 1. The standard InChI is InChI=1S/C31H29BrClFN4OS/c1-18-13-19(2)17-37(16-18)26-9-7-21(15-24(26)33)38-30(29(36-31(38)40)25-5-3-4-12-35-25)28-11-10-27(39-28)22-8-6-20(34)14-23(22)32/h3-12,14-15,18-19,29-30H,13,16-17H2,1-2H3,(H,36,40)/t18-,19+,29-,30-/m0/s1. The Morgan fingerprint density at radius 1 is 1.05 bits per heavy atom. The lowest BCUT2D eigenvalue weighted by Gasteiger charge is -2.37. The Morgan fingerprint density at radius 3 is 2.55 bits per heavy atom. The molecule has 6 rings (SSSR count). The Kier molecular flexibility index (Phi) is 7.59. The van der Waals surface area contributed by atoms with Gasteiger partial charge in [-0.25, -0.2) is 4.39 Å². The first-order valence-corrected chi connectivity index (χ1v) is 15.0. The molecule has 2 aromatic heterocycles. The van der Waals surface area contributed by atoms with Crippen LogP contribution in [0.25, 0.3) is 11.3 Å². The number of halogens is 3. The lowest BCUT2D eigenvalue weighted by Crippen LogP contribution is -2.38. The van der Waals surface area contributed by atoms with Crippen LogP contribution < -0.4 is 15.1 Å². The Morgan fingerprint density at radius 2 is 1.85 bits per heavy atom. The summed E-state index contributed by atoms with van der Waals surface area (Å²) < 4.78 is 20.8. The fourth-order valence-corrected chi connectivity index (χ4v) is 7.22. The quantitative estimate of drug-likeness (QED) is 0.221. The number of piperidine rings is 1. The summed E-state index contributed by atoms with van der Waals surface area (Å²) in [6, 6.07) is 19.8. The number of hydrogen-bond donors (Lipinski definition) is 1. The molecule has 2 saturated heterocycles. The highest BCUT2D eigenvalue weighted by molar-refractivity contribution is 9.10. The lowest BCUT2D eigenvalue weighted by molar-refractivity contribution is 0.357. The zero-order chi connectivity index (χ0) is 28.0. The van der Waals surface area contributed by atoms with Crippen molar-refractivity contribution in [2.24, 2.45) is 11.8 Å². The highest BCUT2D eigenvalue weighted by Crippen LogP contribution is 2.45. The predicted molar refractivity (Wildman–Crippen MR) is 166 cm³/mol. The summed E-state index contributed by atoms with van der Waals surface area (Å²) in [6.45, 7) is 6.57. The molecule has 5 nitrogen and oxygen atoms in total. The maximum Gasteiger partial charge on any atom is 0.174 e. The topological polar surface area (TPSA) is 44.5 Å². The molecule has 4 aromatic rings. The molecule has 9 heteroatoms. The van der Waals surface area contributed by atoms with Gasteiger partial charge in [-0.15, -0.1) is 0 Å². The Bertz CT molecular complexity index is 1540. The smallest absolute Gasteiger partial charge is 0.174 e. The Labute approximate surface area is 252 Å². The van der Waals surface area contributed by atoms with Gasteiger partial charge in [0.05, 0.1) is 22.4 Å². The number of nitrogens with one attached hydrogen (secondary N) is 1. The monoisotopic (exact) mass is 638 g/mol. The van der Waals surface area contributed by atoms with Crippen LogP contribution in [-0.4, -0.2) is 23.2 Å². The third-order valence-corrected chi connectivity index (χ3v) is 8.91. The number of nitrogens with zero attached hydrogens (tertiary/aromatic N) is 3. The molecule has 0 amide bonds. The van der Waals surface area contributed by atoms with E-state index in [1.165, 1.54) is 18.6 Å². The van der Waals surface area contributed by atoms with E-state index in [2.05, 4.69) is 57.1 Å². The van der Waals surface area contributed by atoms with Crippen LogP contribution >= 0.6 is 39.7 Å². The highest BCUT2D eigenvalue weighted by atomic mass is 79.9. The second-order valence-corrected chi connectivity index (χ2v) is 12.5. The molecule has 0 unspecified atom stereocenters. The minimum Gasteiger partial charge on any atom is -0.459 e. The third kappa shape index (κ3) is 5.24. The maximum absolute atomic E-state index is 13.7. The fraction of sp³-hybridized carbons (Fsp3) is 0.290. The number of rotatable bonds is 5. The van der Waals surface area contributed by atoms with Crippen molar-refractivity contribution in [3.8, 4) is 11.3 Å². The van der Waals surface area contributed by atoms with Gasteiger partial charge in [-0.3, -0.25) is 4.98 Å². The molecular formula is C31H29BrClFN4OS. The third-order valence-electron chi connectivity index (χ3n) is 7.63. The molecule has 1 N–H and O–H groups in total. The zero-order valence-corrected chi connectivity index (χ0v) is 25.3. The molecular weight excluding hydrogens is 611 g/mol. The van der Waals surface area contributed by atoms with Gasteiger partial charge in [0.25, 0.3) is 0 Å². The van der Waals surface area contributed by atoms with E-state index in [9.17, 15) is 4.39 Å². The molecule has 4 heterocycles. The first-order valence-electron chi connectivity index (χ1n) is 13.4. The van der Waals surface area contributed by atoms with Crippen molar-refractivity contribution in [3.63, 3.8) is 0 Å². The van der Waals surface area contributed by atoms with Crippen LogP contribution in [0.3, 0.4) is 0 Å². The van der Waals surface area contributed by atoms with Gasteiger partial charge in [0.2, 0.25) is 0 Å². The molecule has 206 valence electrons. The minimum atomic E-state index is -0.327. The van der Waals surface area contributed by atoms with E-state index in [1.807, 2.05) is 41.3 Å². The van der Waals surface area contributed by atoms with Crippen LogP contribution in [0.4, 0.5) is 15.8 Å². The van der Waals surface area contributed by atoms with E-state index >= 15 is 0 Å². The predicted octanol–water partition coefficient (Wildman–Crippen LogP) is 8.56. The number of hydrogen-bond acceptors (Lipinski definition) is 4. The average molecular weight is 640 g/mol. The van der Waals surface area contributed by atoms with Gasteiger partial charge < -0.3 is 19.5 Å². The van der Waals surface area contributed by atoms with Gasteiger partial charge in [0.1, 0.15) is 23.4 Å². The van der Waals surface area contributed by atoms with Crippen LogP contribution in [0.2, 0.25) is 5.02 Å². The molecule has 0 aliphatic carbocycles. The van der Waals surface area contributed by atoms with E-state index in [0.717, 1.165) is 35.7 Å². The summed E-state index contributed by atoms with van der Waals surface area (Å²) in [4.78, 5) is 9.06. The number of anilines is 2. The van der Waals surface area contributed by atoms with Gasteiger partial charge in [0, 0.05) is 35.0 Å². The molecule has 2 aromatic carbocycles. The second-order valence-electron chi connectivity index (χ2n) is 10.8. The fourth-order valence-electron chi connectivity index (χ4n) is 6.03. The van der Waals surface area contributed by atoms with Crippen LogP contribution in [0.15, 0.2) is 81.8 Å². The molecule has 0 bridgehead atoms. The highest BCUT2D eigenvalue weighted by Gasteiger charge is 2.43. The molecule has 40 heavy (non-hydrogen) atoms. The summed E-state index contributed by atoms with van der Waals surface area (Å²) in [6.07, 6.45) is 3.01. The van der Waals surface area contributed by atoms with Crippen molar-refractivity contribution in [1.29, 1.82) is 0 Å². The molecule has 0 saturated carbocycles. The summed E-state index contributed by atoms with van der Waals surface area (Å²) in [7, 11) is 0. The number of benzene rings is 2. The van der Waals surface area contributed by atoms with Crippen LogP contribution in [0, 0.1) is 17.7 Å². The number of pyridine rings is 1. The molecule has 0 radical (unpaired) electrons. The van der Waals surface area contributed by atoms with Crippen molar-refractivity contribution in [2.45, 2.75) is 32.4 Å². The first-order chi connectivity index (χ1) is 19.3. The summed E-state index contributed by atoms with van der Waals surface area (Å²) in [5.41, 5.74) is 3.52. The number of aromatic nitrogens is 1. The minimum absolute atomic E-state index is 0.258. The van der Waals surface area contributed by atoms with Crippen LogP contribution in [0.5, 0.6) is 0 Å². The SMILES string of the molecule is C[C@@H]1C[C@H](C)CN(c2ccc(N3C(=S)N[C@@H](c4ccccn4)[C@@H]3c3ccc(-c4ccc(F)cc4Br)o3)cc2Cl)C1. The molecule has 2 aliphatic rings. The largest absolute Gasteiger partial charge is 0.459 e. The second kappa shape index (κ2) is 11.1. The summed E-state index contributed by atoms with van der Waals surface area (Å²) in [5, 5.41) is 4.72. The Balaban J connectivity index is 1.39. The van der Waals surface area contributed by atoms with E-state index in [-0.39, 0.29) is 17.9 Å². The van der Waals surface area contributed by atoms with Crippen molar-refractivity contribution in [1.82, 2.24) is 10.3 Å². The molecule has 2 fully saturated rings.